The lowest BCUT2D eigenvalue weighted by atomic mass is 9.78. The van der Waals surface area contributed by atoms with Gasteiger partial charge in [-0.3, -0.25) is 19.2 Å². The molecular formula is C34H55N5O7S. The molecule has 0 aromatic carbocycles. The van der Waals surface area contributed by atoms with Crippen LogP contribution in [0.4, 0.5) is 4.79 Å². The molecule has 12 nitrogen and oxygen atoms in total. The molecule has 5 aliphatic rings. The molecule has 2 aliphatic heterocycles. The van der Waals surface area contributed by atoms with Crippen LogP contribution in [0.5, 0.6) is 0 Å². The smallest absolute Gasteiger partial charge is 0.315 e. The maximum atomic E-state index is 14.4. The highest BCUT2D eigenvalue weighted by atomic mass is 32.2. The monoisotopic (exact) mass is 677 g/mol. The van der Waals surface area contributed by atoms with Crippen molar-refractivity contribution in [1.29, 1.82) is 0 Å². The summed E-state index contributed by atoms with van der Waals surface area (Å²) in [6.07, 6.45) is 7.70. The molecule has 2 heterocycles. The van der Waals surface area contributed by atoms with Crippen molar-refractivity contribution in [2.45, 2.75) is 147 Å². The first kappa shape index (κ1) is 35.6. The summed E-state index contributed by atoms with van der Waals surface area (Å²) in [4.78, 5) is 69.5. The molecule has 5 rings (SSSR count). The molecule has 4 N–H and O–H groups in total. The van der Waals surface area contributed by atoms with Gasteiger partial charge < -0.3 is 26.2 Å². The largest absolute Gasteiger partial charge is 0.347 e. The SMILES string of the molecule is CCCCC(NC(=O)[C@@H]1[C@@H]2[C@H](CN1C(=O)[C@@H](NC(=O)NC1([C@H]3CCS3(=O)=O)CCCCC1)C(C)(C)C)C2(C)C)C(=O)C(=O)NC1CC1. The second kappa shape index (κ2) is 13.0. The zero-order valence-electron chi connectivity index (χ0n) is 28.9. The van der Waals surface area contributed by atoms with Gasteiger partial charge in [0.05, 0.1) is 22.6 Å². The van der Waals surface area contributed by atoms with Gasteiger partial charge in [-0.05, 0) is 61.2 Å². The topological polar surface area (TPSA) is 171 Å². The van der Waals surface area contributed by atoms with Gasteiger partial charge in [0.1, 0.15) is 12.1 Å². The number of urea groups is 1. The van der Waals surface area contributed by atoms with E-state index < -0.39 is 73.7 Å². The highest BCUT2D eigenvalue weighted by Gasteiger charge is 2.70. The third kappa shape index (κ3) is 7.20. The van der Waals surface area contributed by atoms with Crippen molar-refractivity contribution in [3.63, 3.8) is 0 Å². The van der Waals surface area contributed by atoms with Crippen LogP contribution in [0.1, 0.15) is 112 Å². The number of Topliss-reactive ketones (excluding diaryl/α,β-unsaturated/α-hetero) is 1. The van der Waals surface area contributed by atoms with E-state index in [1.54, 1.807) is 4.90 Å². The Morgan fingerprint density at radius 1 is 0.957 bits per heavy atom. The normalized spacial score (nSPS) is 29.7. The van der Waals surface area contributed by atoms with Gasteiger partial charge in [0, 0.05) is 12.6 Å². The first-order valence-corrected chi connectivity index (χ1v) is 19.4. The highest BCUT2D eigenvalue weighted by molar-refractivity contribution is 7.93. The van der Waals surface area contributed by atoms with Gasteiger partial charge in [0.15, 0.2) is 9.84 Å². The van der Waals surface area contributed by atoms with Crippen LogP contribution in [-0.2, 0) is 29.0 Å². The average Bonchev–Trinajstić information content (AvgIpc) is 3.83. The van der Waals surface area contributed by atoms with Crippen molar-refractivity contribution < 1.29 is 32.4 Å². The molecule has 3 saturated carbocycles. The van der Waals surface area contributed by atoms with Gasteiger partial charge in [-0.1, -0.05) is 73.6 Å². The fraction of sp³-hybridized carbons (Fsp3) is 0.853. The van der Waals surface area contributed by atoms with E-state index in [0.717, 1.165) is 38.5 Å². The van der Waals surface area contributed by atoms with Crippen molar-refractivity contribution in [1.82, 2.24) is 26.2 Å². The molecule has 0 aromatic rings. The summed E-state index contributed by atoms with van der Waals surface area (Å²) in [7, 11) is -3.28. The number of sulfone groups is 1. The Kier molecular flexibility index (Phi) is 9.82. The Bertz CT molecular complexity index is 1380. The minimum Gasteiger partial charge on any atom is -0.347 e. The van der Waals surface area contributed by atoms with E-state index in [4.69, 9.17) is 0 Å². The fourth-order valence-electron chi connectivity index (χ4n) is 8.36. The van der Waals surface area contributed by atoms with E-state index in [2.05, 4.69) is 35.1 Å². The lowest BCUT2D eigenvalue weighted by Gasteiger charge is -2.47. The van der Waals surface area contributed by atoms with Crippen LogP contribution in [0, 0.1) is 22.7 Å². The van der Waals surface area contributed by atoms with Gasteiger partial charge in [-0.25, -0.2) is 13.2 Å². The van der Waals surface area contributed by atoms with Crippen molar-refractivity contribution >= 4 is 39.4 Å². The number of rotatable bonds is 12. The van der Waals surface area contributed by atoms with Gasteiger partial charge in [-0.15, -0.1) is 0 Å². The molecule has 6 atom stereocenters. The van der Waals surface area contributed by atoms with Crippen molar-refractivity contribution in [2.75, 3.05) is 12.3 Å². The number of nitrogens with one attached hydrogen (secondary N) is 4. The number of amides is 5. The molecule has 3 aliphatic carbocycles. The van der Waals surface area contributed by atoms with Crippen LogP contribution in [0.2, 0.25) is 0 Å². The predicted molar refractivity (Wildman–Crippen MR) is 177 cm³/mol. The number of likely N-dealkylation sites (tertiary alicyclic amines) is 1. The van der Waals surface area contributed by atoms with E-state index >= 15 is 0 Å². The molecule has 0 bridgehead atoms. The lowest BCUT2D eigenvalue weighted by molar-refractivity contribution is -0.145. The third-order valence-electron chi connectivity index (χ3n) is 11.6. The zero-order chi connectivity index (χ0) is 34.5. The predicted octanol–water partition coefficient (Wildman–Crippen LogP) is 2.60. The lowest BCUT2D eigenvalue weighted by Crippen LogP contribution is -2.67. The molecule has 1 unspecified atom stereocenters. The van der Waals surface area contributed by atoms with Crippen molar-refractivity contribution in [3.05, 3.63) is 0 Å². The van der Waals surface area contributed by atoms with Crippen LogP contribution >= 0.6 is 0 Å². The second-order valence-electron chi connectivity index (χ2n) is 16.5. The van der Waals surface area contributed by atoms with E-state index in [0.29, 0.717) is 38.6 Å². The Balaban J connectivity index is 1.33. The summed E-state index contributed by atoms with van der Waals surface area (Å²) >= 11 is 0. The maximum absolute atomic E-state index is 14.4. The first-order chi connectivity index (χ1) is 21.9. The van der Waals surface area contributed by atoms with E-state index in [9.17, 15) is 32.4 Å². The van der Waals surface area contributed by atoms with Gasteiger partial charge in [-0.2, -0.15) is 0 Å². The Morgan fingerprint density at radius 2 is 1.62 bits per heavy atom. The summed E-state index contributed by atoms with van der Waals surface area (Å²) in [5, 5.41) is 10.9. The van der Waals surface area contributed by atoms with Gasteiger partial charge in [0.2, 0.25) is 17.6 Å². The number of fused-ring (bicyclic) bond motifs is 1. The minimum absolute atomic E-state index is 0.00934. The van der Waals surface area contributed by atoms with E-state index in [1.807, 2.05) is 27.7 Å². The molecule has 13 heteroatoms. The number of ketones is 1. The summed E-state index contributed by atoms with van der Waals surface area (Å²) < 4.78 is 25.4. The van der Waals surface area contributed by atoms with Crippen LogP contribution in [0.25, 0.3) is 0 Å². The summed E-state index contributed by atoms with van der Waals surface area (Å²) in [5.74, 6) is -2.14. The molecule has 0 spiro atoms. The number of hydrogen-bond donors (Lipinski definition) is 4. The Morgan fingerprint density at radius 3 is 2.15 bits per heavy atom. The molecule has 2 saturated heterocycles. The molecular weight excluding hydrogens is 622 g/mol. The molecule has 0 radical (unpaired) electrons. The first-order valence-electron chi connectivity index (χ1n) is 17.7. The summed E-state index contributed by atoms with van der Waals surface area (Å²) in [6.45, 7) is 12.0. The van der Waals surface area contributed by atoms with Crippen LogP contribution in [0.15, 0.2) is 0 Å². The van der Waals surface area contributed by atoms with Crippen molar-refractivity contribution in [2.24, 2.45) is 22.7 Å². The molecule has 5 fully saturated rings. The number of carbonyl (C=O) groups excluding carboxylic acids is 5. The number of unbranched alkanes of at least 4 members (excludes halogenated alkanes) is 1. The Hall–Kier alpha value is -2.70. The Labute approximate surface area is 279 Å². The fourth-order valence-corrected chi connectivity index (χ4v) is 10.2. The van der Waals surface area contributed by atoms with Crippen LogP contribution in [0.3, 0.4) is 0 Å². The summed E-state index contributed by atoms with van der Waals surface area (Å²) in [6, 6.07) is -3.42. The quantitative estimate of drug-likeness (QED) is 0.230. The van der Waals surface area contributed by atoms with E-state index in [1.165, 1.54) is 0 Å². The zero-order valence-corrected chi connectivity index (χ0v) is 29.8. The summed E-state index contributed by atoms with van der Waals surface area (Å²) in [5.41, 5.74) is -1.78. The minimum atomic E-state index is -3.28. The second-order valence-corrected chi connectivity index (χ2v) is 18.8. The van der Waals surface area contributed by atoms with Gasteiger partial charge in [0.25, 0.3) is 5.91 Å². The maximum Gasteiger partial charge on any atom is 0.315 e. The number of carbonyl (C=O) groups is 5. The van der Waals surface area contributed by atoms with Gasteiger partial charge >= 0.3 is 6.03 Å². The number of nitrogens with zero attached hydrogens (tertiary/aromatic N) is 1. The number of hydrogen-bond acceptors (Lipinski definition) is 7. The van der Waals surface area contributed by atoms with Crippen LogP contribution in [-0.4, -0.2) is 90.1 Å². The molecule has 0 aromatic heterocycles. The molecule has 5 amide bonds. The van der Waals surface area contributed by atoms with E-state index in [-0.39, 0.29) is 29.0 Å². The third-order valence-corrected chi connectivity index (χ3v) is 13.9. The van der Waals surface area contributed by atoms with Crippen molar-refractivity contribution in [3.8, 4) is 0 Å². The molecule has 47 heavy (non-hydrogen) atoms. The molecule has 264 valence electrons. The standard InChI is InChI=1S/C34H55N5O7S/c1-7-8-12-22(26(40)29(42)35-20-13-14-20)36-28(41)25-24-21(33(24,5)6)19-39(25)30(43)27(32(2,3)4)37-31(44)38-34(16-10-9-11-17-34)23-15-18-47(23,45)46/h20-25,27H,7-19H2,1-6H3,(H,35,42)(H,36,41)(H2,37,38,44)/t21-,22?,23+,24-,25-,27+/m0/s1. The number of piperidine rings is 1. The van der Waals surface area contributed by atoms with Crippen LogP contribution < -0.4 is 21.3 Å². The average molecular weight is 678 g/mol. The highest BCUT2D eigenvalue weighted by Crippen LogP contribution is 2.65.